The van der Waals surface area contributed by atoms with E-state index < -0.39 is 0 Å². The van der Waals surface area contributed by atoms with Gasteiger partial charge in [-0.1, -0.05) is 146 Å². The lowest BCUT2D eigenvalue weighted by molar-refractivity contribution is 0.663. The van der Waals surface area contributed by atoms with Crippen molar-refractivity contribution in [1.82, 2.24) is 0 Å². The fourth-order valence-electron chi connectivity index (χ4n) is 8.13. The molecular formula is C58H56N4. The fourth-order valence-corrected chi connectivity index (χ4v) is 8.13. The van der Waals surface area contributed by atoms with E-state index in [4.69, 9.17) is 0 Å². The molecule has 0 heterocycles. The molecule has 0 radical (unpaired) electrons. The molecule has 3 unspecified atom stereocenters. The van der Waals surface area contributed by atoms with Crippen LogP contribution in [0.2, 0.25) is 0 Å². The molecule has 1 saturated carbocycles. The Hall–Kier alpha value is -7.30. The quantitative estimate of drug-likeness (QED) is 0.144. The summed E-state index contributed by atoms with van der Waals surface area (Å²) in [5.74, 6) is 0.573. The molecule has 0 spiro atoms. The van der Waals surface area contributed by atoms with Crippen LogP contribution in [0.4, 0.5) is 39.8 Å². The van der Waals surface area contributed by atoms with Crippen molar-refractivity contribution >= 4 is 39.8 Å². The van der Waals surface area contributed by atoms with Crippen LogP contribution in [0.25, 0.3) is 0 Å². The van der Waals surface area contributed by atoms with Crippen molar-refractivity contribution < 1.29 is 0 Å². The molecule has 308 valence electrons. The number of rotatable bonds is 10. The maximum atomic E-state index is 3.74. The van der Waals surface area contributed by atoms with E-state index >= 15 is 0 Å². The van der Waals surface area contributed by atoms with Crippen LogP contribution in [0.1, 0.15) is 30.9 Å². The molecule has 7 aromatic rings. The van der Waals surface area contributed by atoms with E-state index in [0.717, 1.165) is 23.5 Å². The summed E-state index contributed by atoms with van der Waals surface area (Å²) in [4.78, 5) is 4.77. The molecule has 3 atom stereocenters. The van der Waals surface area contributed by atoms with Crippen molar-refractivity contribution in [2.75, 3.05) is 20.4 Å². The number of nitrogens with zero attached hydrogens (tertiary/aromatic N) is 2. The van der Waals surface area contributed by atoms with Crippen molar-refractivity contribution in [2.45, 2.75) is 39.7 Å². The van der Waals surface area contributed by atoms with Gasteiger partial charge in [0.15, 0.2) is 0 Å². The first-order valence-electron chi connectivity index (χ1n) is 21.7. The maximum Gasteiger partial charge on any atom is 0.0483 e. The fraction of sp³-hybridized carbons (Fsp3) is 0.138. The Bertz CT molecular complexity index is 2590. The van der Waals surface area contributed by atoms with Crippen LogP contribution in [-0.2, 0) is 0 Å². The largest absolute Gasteiger partial charge is 0.379 e. The molecule has 0 saturated heterocycles. The Morgan fingerprint density at radius 2 is 1.05 bits per heavy atom. The lowest BCUT2D eigenvalue weighted by Gasteiger charge is -2.31. The van der Waals surface area contributed by atoms with Gasteiger partial charge in [-0.2, -0.15) is 0 Å². The van der Waals surface area contributed by atoms with Gasteiger partial charge in [0.05, 0.1) is 0 Å². The highest BCUT2D eigenvalue weighted by Gasteiger charge is 2.52. The van der Waals surface area contributed by atoms with E-state index in [0.29, 0.717) is 11.3 Å². The maximum absolute atomic E-state index is 3.74. The van der Waals surface area contributed by atoms with E-state index in [1.54, 1.807) is 0 Å². The second-order valence-electron chi connectivity index (χ2n) is 16.4. The predicted molar refractivity (Wildman–Crippen MR) is 265 cm³/mol. The highest BCUT2D eigenvalue weighted by atomic mass is 15.2. The van der Waals surface area contributed by atoms with Crippen LogP contribution < -0.4 is 20.4 Å². The average molecular weight is 809 g/mol. The van der Waals surface area contributed by atoms with Gasteiger partial charge in [0.1, 0.15) is 0 Å². The van der Waals surface area contributed by atoms with Gasteiger partial charge < -0.3 is 20.4 Å². The van der Waals surface area contributed by atoms with Gasteiger partial charge in [0, 0.05) is 63.2 Å². The summed E-state index contributed by atoms with van der Waals surface area (Å²) in [6, 6.07) is 69.8. The topological polar surface area (TPSA) is 30.5 Å². The smallest absolute Gasteiger partial charge is 0.0483 e. The number of benzene rings is 7. The SMILES string of the molecule is Cc1cccc(N(C2=CCC(Nc3ccc(N(C4=CC=CC5(C)CC45)c4ccccc4)cc3)C=C2)c2ccccc2)c1.Cc1cccc(Nc2ccccc2)c1.c1ccccc1. The third kappa shape index (κ3) is 10.7. The second-order valence-corrected chi connectivity index (χ2v) is 16.4. The number of anilines is 7. The van der Waals surface area contributed by atoms with Gasteiger partial charge in [0.25, 0.3) is 0 Å². The van der Waals surface area contributed by atoms with Gasteiger partial charge in [-0.05, 0) is 140 Å². The van der Waals surface area contributed by atoms with E-state index in [2.05, 4.69) is 223 Å². The van der Waals surface area contributed by atoms with Crippen LogP contribution >= 0.6 is 0 Å². The lowest BCUT2D eigenvalue weighted by Crippen LogP contribution is -2.23. The summed E-state index contributed by atoms with van der Waals surface area (Å²) in [5, 5.41) is 7.09. The number of fused-ring (bicyclic) bond motifs is 1. The molecule has 7 aromatic carbocycles. The molecule has 0 amide bonds. The van der Waals surface area contributed by atoms with Gasteiger partial charge >= 0.3 is 0 Å². The molecule has 3 aliphatic carbocycles. The first-order chi connectivity index (χ1) is 30.4. The lowest BCUT2D eigenvalue weighted by atomic mass is 9.98. The van der Waals surface area contributed by atoms with Gasteiger partial charge in [0.2, 0.25) is 0 Å². The van der Waals surface area contributed by atoms with E-state index in [9.17, 15) is 0 Å². The molecule has 3 aliphatic rings. The zero-order valence-corrected chi connectivity index (χ0v) is 36.0. The van der Waals surface area contributed by atoms with Crippen LogP contribution in [0.3, 0.4) is 0 Å². The van der Waals surface area contributed by atoms with Crippen molar-refractivity contribution in [1.29, 1.82) is 0 Å². The molecule has 4 nitrogen and oxygen atoms in total. The van der Waals surface area contributed by atoms with Gasteiger partial charge in [-0.3, -0.25) is 0 Å². The van der Waals surface area contributed by atoms with E-state index in [1.165, 1.54) is 51.7 Å². The highest BCUT2D eigenvalue weighted by Crippen LogP contribution is 2.60. The van der Waals surface area contributed by atoms with Crippen molar-refractivity contribution in [3.05, 3.63) is 259 Å². The number of hydrogen-bond donors (Lipinski definition) is 2. The average Bonchev–Trinajstić information content (AvgIpc) is 4.02. The molecule has 4 heteroatoms. The van der Waals surface area contributed by atoms with Crippen molar-refractivity contribution in [3.63, 3.8) is 0 Å². The minimum absolute atomic E-state index is 0.235. The summed E-state index contributed by atoms with van der Waals surface area (Å²) in [5.41, 5.74) is 13.5. The number of para-hydroxylation sites is 3. The molecule has 62 heavy (non-hydrogen) atoms. The minimum atomic E-state index is 0.235. The normalized spacial score (nSPS) is 17.9. The van der Waals surface area contributed by atoms with Gasteiger partial charge in [-0.25, -0.2) is 0 Å². The summed E-state index contributed by atoms with van der Waals surface area (Å²) in [7, 11) is 0. The summed E-state index contributed by atoms with van der Waals surface area (Å²) >= 11 is 0. The third-order valence-corrected chi connectivity index (χ3v) is 11.5. The Balaban J connectivity index is 0.000000216. The van der Waals surface area contributed by atoms with E-state index in [1.807, 2.05) is 54.6 Å². The molecule has 0 bridgehead atoms. The second kappa shape index (κ2) is 19.8. The Morgan fingerprint density at radius 1 is 0.516 bits per heavy atom. The van der Waals surface area contributed by atoms with Crippen LogP contribution in [-0.4, -0.2) is 6.04 Å². The monoisotopic (exact) mass is 808 g/mol. The van der Waals surface area contributed by atoms with Crippen LogP contribution in [0, 0.1) is 25.2 Å². The minimum Gasteiger partial charge on any atom is -0.379 e. The highest BCUT2D eigenvalue weighted by molar-refractivity contribution is 5.73. The number of aryl methyl sites for hydroxylation is 2. The summed E-state index contributed by atoms with van der Waals surface area (Å²) in [6.45, 7) is 6.61. The van der Waals surface area contributed by atoms with E-state index in [-0.39, 0.29) is 6.04 Å². The first-order valence-corrected chi connectivity index (χ1v) is 21.7. The molecular weight excluding hydrogens is 753 g/mol. The zero-order chi connectivity index (χ0) is 42.6. The summed E-state index contributed by atoms with van der Waals surface area (Å²) < 4.78 is 0. The Kier molecular flexibility index (Phi) is 13.3. The van der Waals surface area contributed by atoms with Gasteiger partial charge in [-0.15, -0.1) is 0 Å². The van der Waals surface area contributed by atoms with Crippen molar-refractivity contribution in [3.8, 4) is 0 Å². The molecule has 10 rings (SSSR count). The standard InChI is InChI=1S/C39H37N3.C13H13N.C6H6/c1-29-11-9-16-36(27-29)41(32-12-5-3-6-13-32)34-22-18-30(19-23-34)40-31-20-24-35(25-21-31)42(33-14-7-4-8-15-33)38-17-10-26-39(2)28-37(38)39;1-11-6-5-9-13(10-11)14-12-7-3-2-4-8-12;1-2-4-6-5-3-1/h3-18,20-27,30,37,40H,19,28H2,1-2H3;2-10,14H,1H3;1-6H. The molecule has 1 fully saturated rings. The van der Waals surface area contributed by atoms with Crippen LogP contribution in [0.5, 0.6) is 0 Å². The Morgan fingerprint density at radius 3 is 1.65 bits per heavy atom. The molecule has 0 aromatic heterocycles. The first kappa shape index (κ1) is 41.4. The van der Waals surface area contributed by atoms with Crippen molar-refractivity contribution in [2.24, 2.45) is 11.3 Å². The molecule has 0 aliphatic heterocycles. The predicted octanol–water partition coefficient (Wildman–Crippen LogP) is 15.5. The third-order valence-electron chi connectivity index (χ3n) is 11.5. The van der Waals surface area contributed by atoms with Crippen LogP contribution in [0.15, 0.2) is 248 Å². The number of allylic oxidation sites excluding steroid dienone is 5. The zero-order valence-electron chi connectivity index (χ0n) is 36.0. The Labute approximate surface area is 368 Å². The number of nitrogens with one attached hydrogen (secondary N) is 2. The number of hydrogen-bond acceptors (Lipinski definition) is 4. The molecule has 2 N–H and O–H groups in total. The summed E-state index contributed by atoms with van der Waals surface area (Å²) in [6.07, 6.45) is 15.9.